The molecule has 180 valence electrons. The van der Waals surface area contributed by atoms with Gasteiger partial charge in [-0.1, -0.05) is 31.0 Å². The minimum atomic E-state index is 0.0604. The molecular weight excluding hydrogens is 440 g/mol. The van der Waals surface area contributed by atoms with Crippen LogP contribution in [0.4, 0.5) is 0 Å². The highest BCUT2D eigenvalue weighted by Crippen LogP contribution is 2.38. The zero-order valence-electron chi connectivity index (χ0n) is 20.0. The second-order valence-electron chi connectivity index (χ2n) is 8.88. The Morgan fingerprint density at radius 2 is 1.76 bits per heavy atom. The lowest BCUT2D eigenvalue weighted by Crippen LogP contribution is -2.48. The third-order valence-electron chi connectivity index (χ3n) is 6.34. The third kappa shape index (κ3) is 5.46. The number of ether oxygens (including phenoxy) is 3. The molecule has 4 rings (SSSR count). The Morgan fingerprint density at radius 3 is 2.42 bits per heavy atom. The molecule has 0 N–H and O–H groups in total. The van der Waals surface area contributed by atoms with Crippen molar-refractivity contribution in [1.29, 1.82) is 0 Å². The third-order valence-corrected chi connectivity index (χ3v) is 7.27. The molecule has 0 bridgehead atoms. The Morgan fingerprint density at radius 1 is 1.06 bits per heavy atom. The Hall–Kier alpha value is -2.26. The first-order valence-electron chi connectivity index (χ1n) is 11.7. The summed E-state index contributed by atoms with van der Waals surface area (Å²) in [6, 6.07) is 6.16. The molecule has 1 aromatic carbocycles. The van der Waals surface area contributed by atoms with Gasteiger partial charge in [0.25, 0.3) is 0 Å². The van der Waals surface area contributed by atoms with Crippen LogP contribution >= 0.6 is 11.8 Å². The van der Waals surface area contributed by atoms with E-state index in [1.807, 2.05) is 36.9 Å². The summed E-state index contributed by atoms with van der Waals surface area (Å²) in [7, 11) is 3.26. The lowest BCUT2D eigenvalue weighted by atomic mass is 9.95. The van der Waals surface area contributed by atoms with Crippen molar-refractivity contribution in [3.05, 3.63) is 18.2 Å². The fraction of sp³-hybridized carbons (Fsp3) is 0.625. The van der Waals surface area contributed by atoms with Gasteiger partial charge in [-0.3, -0.25) is 9.36 Å². The lowest BCUT2D eigenvalue weighted by molar-refractivity contribution is -0.140. The van der Waals surface area contributed by atoms with Crippen molar-refractivity contribution in [1.82, 2.24) is 19.7 Å². The van der Waals surface area contributed by atoms with E-state index in [2.05, 4.69) is 14.8 Å². The van der Waals surface area contributed by atoms with Crippen molar-refractivity contribution in [2.75, 3.05) is 33.1 Å². The van der Waals surface area contributed by atoms with Crippen LogP contribution in [-0.2, 0) is 9.53 Å². The highest BCUT2D eigenvalue weighted by atomic mass is 32.2. The first-order chi connectivity index (χ1) is 16.0. The first-order valence-corrected chi connectivity index (χ1v) is 12.7. The summed E-state index contributed by atoms with van der Waals surface area (Å²) in [5, 5.41) is 9.88. The highest BCUT2D eigenvalue weighted by molar-refractivity contribution is 7.99. The fourth-order valence-corrected chi connectivity index (χ4v) is 5.72. The van der Waals surface area contributed by atoms with Crippen molar-refractivity contribution in [3.8, 4) is 22.9 Å². The van der Waals surface area contributed by atoms with Gasteiger partial charge in [-0.2, -0.15) is 0 Å². The smallest absolute Gasteiger partial charge is 0.233 e. The van der Waals surface area contributed by atoms with Gasteiger partial charge in [0.1, 0.15) is 0 Å². The topological polar surface area (TPSA) is 78.7 Å². The summed E-state index contributed by atoms with van der Waals surface area (Å²) in [5.74, 6) is 2.61. The normalized spacial score (nSPS) is 21.8. The molecule has 1 saturated carbocycles. The van der Waals surface area contributed by atoms with Gasteiger partial charge in [0, 0.05) is 24.7 Å². The Bertz CT molecular complexity index is 950. The molecule has 9 heteroatoms. The largest absolute Gasteiger partial charge is 0.493 e. The number of thioether (sulfide) groups is 1. The SMILES string of the molecule is COc1ccc(-c2nnc(SCC(=O)N3CC(C)OC(C)C3)n2C2CCCCC2)cc1OC. The first kappa shape index (κ1) is 23.9. The molecule has 2 unspecified atom stereocenters. The van der Waals surface area contributed by atoms with E-state index in [4.69, 9.17) is 14.2 Å². The fourth-order valence-electron chi connectivity index (χ4n) is 4.82. The van der Waals surface area contributed by atoms with Crippen LogP contribution in [-0.4, -0.2) is 70.8 Å². The molecule has 2 aromatic rings. The number of hydrogen-bond donors (Lipinski definition) is 0. The number of carbonyl (C=O) groups excluding carboxylic acids is 1. The predicted octanol–water partition coefficient (Wildman–Crippen LogP) is 4.20. The molecule has 2 aliphatic rings. The molecule has 8 nitrogen and oxygen atoms in total. The minimum absolute atomic E-state index is 0.0604. The number of methoxy groups -OCH3 is 2. The Labute approximate surface area is 200 Å². The van der Waals surface area contributed by atoms with E-state index >= 15 is 0 Å². The summed E-state index contributed by atoms with van der Waals surface area (Å²) < 4.78 is 18.9. The van der Waals surface area contributed by atoms with Crippen molar-refractivity contribution < 1.29 is 19.0 Å². The summed E-state index contributed by atoms with van der Waals surface area (Å²) in [4.78, 5) is 14.8. The molecule has 0 radical (unpaired) electrons. The van der Waals surface area contributed by atoms with Gasteiger partial charge in [0.05, 0.1) is 32.2 Å². The highest BCUT2D eigenvalue weighted by Gasteiger charge is 2.28. The number of aromatic nitrogens is 3. The molecule has 2 fully saturated rings. The number of rotatable bonds is 7. The lowest BCUT2D eigenvalue weighted by Gasteiger charge is -2.35. The number of hydrogen-bond acceptors (Lipinski definition) is 7. The average molecular weight is 475 g/mol. The van der Waals surface area contributed by atoms with Gasteiger partial charge in [0.15, 0.2) is 22.5 Å². The summed E-state index contributed by atoms with van der Waals surface area (Å²) in [6.07, 6.45) is 5.97. The number of benzene rings is 1. The van der Waals surface area contributed by atoms with Crippen LogP contribution in [0.5, 0.6) is 11.5 Å². The molecule has 1 saturated heterocycles. The summed E-state index contributed by atoms with van der Waals surface area (Å²) in [5.41, 5.74) is 0.930. The molecule has 1 aliphatic carbocycles. The molecule has 2 atom stereocenters. The monoisotopic (exact) mass is 474 g/mol. The van der Waals surface area contributed by atoms with Crippen molar-refractivity contribution in [2.45, 2.75) is 69.4 Å². The van der Waals surface area contributed by atoms with Gasteiger partial charge in [-0.05, 0) is 44.9 Å². The maximum absolute atomic E-state index is 12.9. The van der Waals surface area contributed by atoms with Gasteiger partial charge in [-0.15, -0.1) is 10.2 Å². The molecule has 0 spiro atoms. The minimum Gasteiger partial charge on any atom is -0.493 e. The van der Waals surface area contributed by atoms with Crippen LogP contribution in [0.2, 0.25) is 0 Å². The van der Waals surface area contributed by atoms with E-state index in [9.17, 15) is 4.79 Å². The Kier molecular flexibility index (Phi) is 7.80. The maximum Gasteiger partial charge on any atom is 0.233 e. The van der Waals surface area contributed by atoms with Crippen molar-refractivity contribution in [3.63, 3.8) is 0 Å². The molecule has 1 amide bonds. The van der Waals surface area contributed by atoms with Gasteiger partial charge >= 0.3 is 0 Å². The predicted molar refractivity (Wildman–Crippen MR) is 128 cm³/mol. The van der Waals surface area contributed by atoms with Gasteiger partial charge in [0.2, 0.25) is 5.91 Å². The van der Waals surface area contributed by atoms with Crippen LogP contribution in [0.3, 0.4) is 0 Å². The van der Waals surface area contributed by atoms with E-state index in [0.29, 0.717) is 36.4 Å². The van der Waals surface area contributed by atoms with E-state index in [1.165, 1.54) is 31.0 Å². The number of amides is 1. The van der Waals surface area contributed by atoms with Crippen LogP contribution in [0.15, 0.2) is 23.4 Å². The van der Waals surface area contributed by atoms with E-state index in [0.717, 1.165) is 29.4 Å². The molecule has 33 heavy (non-hydrogen) atoms. The maximum atomic E-state index is 12.9. The zero-order chi connectivity index (χ0) is 23.4. The van der Waals surface area contributed by atoms with E-state index < -0.39 is 0 Å². The molecule has 1 aromatic heterocycles. The van der Waals surface area contributed by atoms with Crippen LogP contribution in [0.25, 0.3) is 11.4 Å². The summed E-state index contributed by atoms with van der Waals surface area (Å²) in [6.45, 7) is 5.29. The second-order valence-corrected chi connectivity index (χ2v) is 9.82. The molecule has 2 heterocycles. The molecule has 1 aliphatic heterocycles. The van der Waals surface area contributed by atoms with Gasteiger partial charge in [-0.25, -0.2) is 0 Å². The number of nitrogens with zero attached hydrogens (tertiary/aromatic N) is 4. The van der Waals surface area contributed by atoms with Crippen LogP contribution in [0.1, 0.15) is 52.0 Å². The van der Waals surface area contributed by atoms with Crippen LogP contribution < -0.4 is 9.47 Å². The van der Waals surface area contributed by atoms with Crippen LogP contribution in [0, 0.1) is 0 Å². The zero-order valence-corrected chi connectivity index (χ0v) is 20.8. The van der Waals surface area contributed by atoms with E-state index in [1.54, 1.807) is 14.2 Å². The van der Waals surface area contributed by atoms with E-state index in [-0.39, 0.29) is 18.1 Å². The van der Waals surface area contributed by atoms with Crippen molar-refractivity contribution in [2.24, 2.45) is 0 Å². The van der Waals surface area contributed by atoms with Gasteiger partial charge < -0.3 is 19.1 Å². The second kappa shape index (κ2) is 10.8. The number of morpholine rings is 1. The summed E-state index contributed by atoms with van der Waals surface area (Å²) >= 11 is 1.48. The number of carbonyl (C=O) groups is 1. The average Bonchev–Trinajstić information content (AvgIpc) is 3.26. The standard InChI is InChI=1S/C24H34N4O4S/c1-16-13-27(14-17(2)32-16)22(29)15-33-24-26-25-23(28(24)19-8-6-5-7-9-19)18-10-11-20(30-3)21(12-18)31-4/h10-12,16-17,19H,5-9,13-15H2,1-4H3. The molecular formula is C24H34N4O4S. The quantitative estimate of drug-likeness (QED) is 0.557. The Balaban J connectivity index is 1.58. The van der Waals surface area contributed by atoms with Crippen molar-refractivity contribution >= 4 is 17.7 Å².